The van der Waals surface area contributed by atoms with Crippen molar-refractivity contribution < 1.29 is 9.47 Å². The lowest BCUT2D eigenvalue weighted by Gasteiger charge is -2.26. The fraction of sp³-hybridized carbons (Fsp3) is 1.00. The van der Waals surface area contributed by atoms with E-state index < -0.39 is 0 Å². The van der Waals surface area contributed by atoms with Gasteiger partial charge in [0.2, 0.25) is 0 Å². The van der Waals surface area contributed by atoms with E-state index >= 15 is 0 Å². The standard InChI is InChI=1S/C17H38N4O2/c1-6-20(5)8-15(18)10-22-12-17(3,4)13-23-11-16(19)9-21-7-14(21)2/h14-16H,6-13,18-19H2,1-5H3. The van der Waals surface area contributed by atoms with Crippen LogP contribution in [-0.4, -0.2) is 87.6 Å². The fourth-order valence-corrected chi connectivity index (χ4v) is 2.50. The molecule has 23 heavy (non-hydrogen) atoms. The first-order valence-electron chi connectivity index (χ1n) is 8.82. The Morgan fingerprint density at radius 2 is 1.70 bits per heavy atom. The minimum absolute atomic E-state index is 0.0245. The summed E-state index contributed by atoms with van der Waals surface area (Å²) in [7, 11) is 2.07. The fourth-order valence-electron chi connectivity index (χ4n) is 2.50. The predicted octanol–water partition coefficient (Wildman–Crippen LogP) is 0.356. The van der Waals surface area contributed by atoms with Gasteiger partial charge >= 0.3 is 0 Å². The van der Waals surface area contributed by atoms with Gasteiger partial charge in [0.15, 0.2) is 0 Å². The van der Waals surface area contributed by atoms with Crippen LogP contribution < -0.4 is 11.5 Å². The Bertz CT molecular complexity index is 308. The Balaban J connectivity index is 2.07. The molecule has 4 atom stereocenters. The molecule has 0 aromatic rings. The van der Waals surface area contributed by atoms with E-state index in [0.29, 0.717) is 32.5 Å². The van der Waals surface area contributed by atoms with Gasteiger partial charge in [0.05, 0.1) is 26.4 Å². The molecule has 0 radical (unpaired) electrons. The van der Waals surface area contributed by atoms with E-state index in [1.165, 1.54) is 6.54 Å². The average Bonchev–Trinajstić information content (AvgIpc) is 3.13. The first-order chi connectivity index (χ1) is 10.7. The normalized spacial score (nSPS) is 24.0. The quantitative estimate of drug-likeness (QED) is 0.475. The van der Waals surface area contributed by atoms with Gasteiger partial charge < -0.3 is 25.8 Å². The molecule has 1 aliphatic heterocycles. The number of hydrogen-bond donors (Lipinski definition) is 2. The number of ether oxygens (including phenoxy) is 2. The van der Waals surface area contributed by atoms with Crippen molar-refractivity contribution in [2.75, 3.05) is 59.7 Å². The van der Waals surface area contributed by atoms with Crippen LogP contribution in [0.3, 0.4) is 0 Å². The summed E-state index contributed by atoms with van der Waals surface area (Å²) < 4.78 is 11.6. The topological polar surface area (TPSA) is 76.8 Å². The first kappa shape index (κ1) is 20.8. The molecule has 0 bridgehead atoms. The molecular weight excluding hydrogens is 292 g/mol. The minimum Gasteiger partial charge on any atom is -0.379 e. The summed E-state index contributed by atoms with van der Waals surface area (Å²) in [4.78, 5) is 4.55. The van der Waals surface area contributed by atoms with Gasteiger partial charge in [0.25, 0.3) is 0 Å². The number of nitrogens with zero attached hydrogens (tertiary/aromatic N) is 2. The summed E-state index contributed by atoms with van der Waals surface area (Å²) in [5.41, 5.74) is 12.1. The van der Waals surface area contributed by atoms with Crippen molar-refractivity contribution in [2.24, 2.45) is 16.9 Å². The molecular formula is C17H38N4O2. The van der Waals surface area contributed by atoms with Crippen molar-refractivity contribution in [2.45, 2.75) is 45.8 Å². The molecule has 1 heterocycles. The van der Waals surface area contributed by atoms with Crippen LogP contribution in [-0.2, 0) is 9.47 Å². The molecule has 4 N–H and O–H groups in total. The Morgan fingerprint density at radius 3 is 2.17 bits per heavy atom. The molecule has 1 aliphatic rings. The van der Waals surface area contributed by atoms with Gasteiger partial charge in [-0.2, -0.15) is 0 Å². The van der Waals surface area contributed by atoms with E-state index in [9.17, 15) is 0 Å². The summed E-state index contributed by atoms with van der Waals surface area (Å²) >= 11 is 0. The van der Waals surface area contributed by atoms with Gasteiger partial charge in [0, 0.05) is 43.2 Å². The van der Waals surface area contributed by atoms with Crippen LogP contribution in [0, 0.1) is 5.41 Å². The highest BCUT2D eigenvalue weighted by molar-refractivity contribution is 4.87. The van der Waals surface area contributed by atoms with E-state index in [4.69, 9.17) is 20.9 Å². The van der Waals surface area contributed by atoms with Crippen molar-refractivity contribution >= 4 is 0 Å². The van der Waals surface area contributed by atoms with E-state index in [0.717, 1.165) is 19.6 Å². The summed E-state index contributed by atoms with van der Waals surface area (Å²) in [6.45, 7) is 15.1. The van der Waals surface area contributed by atoms with Crippen LogP contribution in [0.25, 0.3) is 0 Å². The monoisotopic (exact) mass is 330 g/mol. The highest BCUT2D eigenvalue weighted by Crippen LogP contribution is 2.17. The van der Waals surface area contributed by atoms with Crippen LogP contribution in [0.15, 0.2) is 0 Å². The number of likely N-dealkylation sites (N-methyl/N-ethyl adjacent to an activating group) is 1. The summed E-state index contributed by atoms with van der Waals surface area (Å²) in [5.74, 6) is 0. The highest BCUT2D eigenvalue weighted by atomic mass is 16.5. The lowest BCUT2D eigenvalue weighted by Crippen LogP contribution is -2.40. The highest BCUT2D eigenvalue weighted by Gasteiger charge is 2.30. The number of nitrogens with two attached hydrogens (primary N) is 2. The van der Waals surface area contributed by atoms with Gasteiger partial charge in [-0.05, 0) is 20.5 Å². The van der Waals surface area contributed by atoms with E-state index in [-0.39, 0.29) is 17.5 Å². The van der Waals surface area contributed by atoms with Gasteiger partial charge in [-0.3, -0.25) is 4.90 Å². The average molecular weight is 331 g/mol. The van der Waals surface area contributed by atoms with Crippen molar-refractivity contribution in [1.82, 2.24) is 9.80 Å². The van der Waals surface area contributed by atoms with E-state index in [1.54, 1.807) is 0 Å². The second-order valence-corrected chi connectivity index (χ2v) is 7.87. The molecule has 4 unspecified atom stereocenters. The Kier molecular flexibility index (Phi) is 8.97. The smallest absolute Gasteiger partial charge is 0.0630 e. The maximum atomic E-state index is 6.09. The Labute approximate surface area is 142 Å². The van der Waals surface area contributed by atoms with E-state index in [1.807, 2.05) is 0 Å². The molecule has 0 aliphatic carbocycles. The number of hydrogen-bond acceptors (Lipinski definition) is 6. The largest absolute Gasteiger partial charge is 0.379 e. The molecule has 0 amide bonds. The second kappa shape index (κ2) is 9.91. The maximum Gasteiger partial charge on any atom is 0.0630 e. The van der Waals surface area contributed by atoms with Crippen molar-refractivity contribution in [3.8, 4) is 0 Å². The zero-order valence-corrected chi connectivity index (χ0v) is 15.8. The predicted molar refractivity (Wildman–Crippen MR) is 95.6 cm³/mol. The van der Waals surface area contributed by atoms with Gasteiger partial charge in [-0.25, -0.2) is 0 Å². The molecule has 0 spiro atoms. The molecule has 6 nitrogen and oxygen atoms in total. The Hall–Kier alpha value is -0.240. The van der Waals surface area contributed by atoms with Gasteiger partial charge in [0.1, 0.15) is 0 Å². The van der Waals surface area contributed by atoms with Crippen molar-refractivity contribution in [3.05, 3.63) is 0 Å². The summed E-state index contributed by atoms with van der Waals surface area (Å²) in [6, 6.07) is 0.844. The molecule has 1 rings (SSSR count). The molecule has 138 valence electrons. The minimum atomic E-state index is -0.0245. The molecule has 0 aromatic carbocycles. The lowest BCUT2D eigenvalue weighted by molar-refractivity contribution is -0.0116. The zero-order chi connectivity index (χ0) is 17.5. The first-order valence-corrected chi connectivity index (χ1v) is 8.82. The van der Waals surface area contributed by atoms with Crippen molar-refractivity contribution in [3.63, 3.8) is 0 Å². The second-order valence-electron chi connectivity index (χ2n) is 7.87. The Morgan fingerprint density at radius 1 is 1.17 bits per heavy atom. The van der Waals surface area contributed by atoms with E-state index in [2.05, 4.69) is 44.5 Å². The molecule has 0 aromatic heterocycles. The van der Waals surface area contributed by atoms with Crippen LogP contribution in [0.4, 0.5) is 0 Å². The zero-order valence-electron chi connectivity index (χ0n) is 15.8. The third-order valence-electron chi connectivity index (χ3n) is 4.19. The SMILES string of the molecule is CCN(C)CC(N)COCC(C)(C)COCC(N)CN1CC1C. The molecule has 1 saturated heterocycles. The summed E-state index contributed by atoms with van der Waals surface area (Å²) in [6.07, 6.45) is 0. The third-order valence-corrected chi connectivity index (χ3v) is 4.19. The van der Waals surface area contributed by atoms with Gasteiger partial charge in [-0.15, -0.1) is 0 Å². The molecule has 1 fully saturated rings. The maximum absolute atomic E-state index is 6.09. The van der Waals surface area contributed by atoms with Crippen molar-refractivity contribution in [1.29, 1.82) is 0 Å². The van der Waals surface area contributed by atoms with Crippen LogP contribution >= 0.6 is 0 Å². The summed E-state index contributed by atoms with van der Waals surface area (Å²) in [5, 5.41) is 0. The van der Waals surface area contributed by atoms with Crippen LogP contribution in [0.5, 0.6) is 0 Å². The third kappa shape index (κ3) is 9.59. The molecule has 0 saturated carbocycles. The van der Waals surface area contributed by atoms with Crippen LogP contribution in [0.2, 0.25) is 0 Å². The van der Waals surface area contributed by atoms with Gasteiger partial charge in [-0.1, -0.05) is 20.8 Å². The molecule has 6 heteroatoms. The lowest BCUT2D eigenvalue weighted by atomic mass is 9.96. The van der Waals surface area contributed by atoms with Crippen LogP contribution in [0.1, 0.15) is 27.7 Å². The number of rotatable bonds is 13.